The third kappa shape index (κ3) is 5.17. The molecule has 1 aliphatic heterocycles. The molecule has 2 heterocycles. The van der Waals surface area contributed by atoms with E-state index in [-0.39, 0.29) is 30.0 Å². The van der Waals surface area contributed by atoms with Crippen molar-refractivity contribution in [2.45, 2.75) is 18.9 Å². The molecule has 2 aromatic rings. The Morgan fingerprint density at radius 2 is 1.83 bits per heavy atom. The fourth-order valence-electron chi connectivity index (χ4n) is 2.95. The maximum atomic E-state index is 6.01. The van der Waals surface area contributed by atoms with Crippen molar-refractivity contribution in [3.63, 3.8) is 0 Å². The highest BCUT2D eigenvalue weighted by Gasteiger charge is 2.23. The number of halogens is 1. The number of aliphatic imine (C=N–C) groups is 1. The molecule has 1 aromatic carbocycles. The quantitative estimate of drug-likeness (QED) is 0.428. The van der Waals surface area contributed by atoms with Gasteiger partial charge in [-0.05, 0) is 43.6 Å². The molecule has 0 amide bonds. The third-order valence-corrected chi connectivity index (χ3v) is 4.12. The van der Waals surface area contributed by atoms with Gasteiger partial charge in [-0.15, -0.1) is 24.0 Å². The van der Waals surface area contributed by atoms with E-state index in [2.05, 4.69) is 44.5 Å². The smallest absolute Gasteiger partial charge is 0.194 e. The van der Waals surface area contributed by atoms with Crippen LogP contribution in [-0.4, -0.2) is 35.5 Å². The van der Waals surface area contributed by atoms with Crippen LogP contribution in [0.2, 0.25) is 0 Å². The number of guanidine groups is 1. The van der Waals surface area contributed by atoms with Crippen molar-refractivity contribution in [1.29, 1.82) is 0 Å². The highest BCUT2D eigenvalue weighted by molar-refractivity contribution is 14.0. The maximum Gasteiger partial charge on any atom is 0.194 e. The fraction of sp³-hybridized carbons (Fsp3) is 0.333. The second-order valence-electron chi connectivity index (χ2n) is 5.74. The van der Waals surface area contributed by atoms with E-state index in [1.165, 1.54) is 18.4 Å². The van der Waals surface area contributed by atoms with Crippen LogP contribution in [0.15, 0.2) is 59.7 Å². The fourth-order valence-corrected chi connectivity index (χ4v) is 2.95. The molecule has 3 rings (SSSR count). The van der Waals surface area contributed by atoms with E-state index >= 15 is 0 Å². The number of benzene rings is 1. The summed E-state index contributed by atoms with van der Waals surface area (Å²) in [4.78, 5) is 11.2. The van der Waals surface area contributed by atoms with E-state index in [1.807, 2.05) is 24.3 Å². The summed E-state index contributed by atoms with van der Waals surface area (Å²) in [6.07, 6.45) is 4.25. The molecule has 6 heteroatoms. The van der Waals surface area contributed by atoms with E-state index in [1.54, 1.807) is 6.20 Å². The maximum absolute atomic E-state index is 6.01. The van der Waals surface area contributed by atoms with Gasteiger partial charge in [0, 0.05) is 6.20 Å². The van der Waals surface area contributed by atoms with Gasteiger partial charge in [-0.1, -0.05) is 36.4 Å². The molecule has 1 atom stereocenters. The lowest BCUT2D eigenvalue weighted by atomic mass is 10.1. The average Bonchev–Trinajstić information content (AvgIpc) is 3.11. The molecule has 24 heavy (non-hydrogen) atoms. The summed E-state index contributed by atoms with van der Waals surface area (Å²) >= 11 is 0. The number of nitrogens with zero attached hydrogens (tertiary/aromatic N) is 3. The van der Waals surface area contributed by atoms with Crippen LogP contribution in [0, 0.1) is 0 Å². The van der Waals surface area contributed by atoms with E-state index in [0.717, 1.165) is 13.1 Å². The number of likely N-dealkylation sites (tertiary alicyclic amines) is 1. The summed E-state index contributed by atoms with van der Waals surface area (Å²) in [7, 11) is 0. The predicted molar refractivity (Wildman–Crippen MR) is 110 cm³/mol. The van der Waals surface area contributed by atoms with Crippen molar-refractivity contribution >= 4 is 35.8 Å². The van der Waals surface area contributed by atoms with Gasteiger partial charge in [0.05, 0.1) is 12.6 Å². The molecule has 1 aliphatic rings. The molecule has 0 spiro atoms. The van der Waals surface area contributed by atoms with Crippen LogP contribution in [-0.2, 0) is 0 Å². The molecular weight excluding hydrogens is 413 g/mol. The summed E-state index contributed by atoms with van der Waals surface area (Å²) in [6, 6.07) is 16.5. The van der Waals surface area contributed by atoms with Crippen LogP contribution in [0.25, 0.3) is 0 Å². The molecule has 0 radical (unpaired) electrons. The number of pyridine rings is 1. The minimum atomic E-state index is 0. The van der Waals surface area contributed by atoms with Crippen LogP contribution >= 0.6 is 24.0 Å². The largest absolute Gasteiger partial charge is 0.370 e. The van der Waals surface area contributed by atoms with Crippen LogP contribution in [0.3, 0.4) is 0 Å². The van der Waals surface area contributed by atoms with E-state index < -0.39 is 0 Å². The molecule has 128 valence electrons. The minimum absolute atomic E-state index is 0. The van der Waals surface area contributed by atoms with Crippen LogP contribution in [0.1, 0.15) is 24.4 Å². The molecule has 5 nitrogen and oxygen atoms in total. The standard InChI is InChI=1S/C18H23N5.HI/c19-18(22-17-10-4-5-11-20-17)21-14-16(23-12-6-7-13-23)15-8-2-1-3-9-15;/h1-5,8-11,16H,6-7,12-14H2,(H3,19,20,21,22);1H. The van der Waals surface area contributed by atoms with E-state index in [4.69, 9.17) is 5.73 Å². The average molecular weight is 437 g/mol. The van der Waals surface area contributed by atoms with Crippen molar-refractivity contribution < 1.29 is 0 Å². The van der Waals surface area contributed by atoms with Gasteiger partial charge in [0.2, 0.25) is 0 Å². The van der Waals surface area contributed by atoms with Crippen LogP contribution in [0.4, 0.5) is 5.82 Å². The molecule has 1 fully saturated rings. The molecule has 1 saturated heterocycles. The van der Waals surface area contributed by atoms with Crippen molar-refractivity contribution in [3.8, 4) is 0 Å². The zero-order valence-corrected chi connectivity index (χ0v) is 16.0. The second-order valence-corrected chi connectivity index (χ2v) is 5.74. The van der Waals surface area contributed by atoms with Crippen LogP contribution < -0.4 is 11.1 Å². The molecular formula is C18H24IN5. The number of aromatic nitrogens is 1. The van der Waals surface area contributed by atoms with Crippen LogP contribution in [0.5, 0.6) is 0 Å². The topological polar surface area (TPSA) is 66.5 Å². The lowest BCUT2D eigenvalue weighted by Crippen LogP contribution is -2.30. The van der Waals surface area contributed by atoms with E-state index in [9.17, 15) is 0 Å². The molecule has 0 aliphatic carbocycles. The zero-order chi connectivity index (χ0) is 15.9. The lowest BCUT2D eigenvalue weighted by molar-refractivity contribution is 0.252. The van der Waals surface area contributed by atoms with Gasteiger partial charge in [-0.25, -0.2) is 4.98 Å². The second kappa shape index (κ2) is 9.58. The third-order valence-electron chi connectivity index (χ3n) is 4.12. The molecule has 1 unspecified atom stereocenters. The first-order valence-electron chi connectivity index (χ1n) is 8.10. The summed E-state index contributed by atoms with van der Waals surface area (Å²) in [6.45, 7) is 2.90. The first-order chi connectivity index (χ1) is 11.3. The zero-order valence-electron chi connectivity index (χ0n) is 13.6. The van der Waals surface area contributed by atoms with Gasteiger partial charge >= 0.3 is 0 Å². The number of nitrogens with two attached hydrogens (primary N) is 1. The van der Waals surface area contributed by atoms with Gasteiger partial charge in [0.1, 0.15) is 5.82 Å². The van der Waals surface area contributed by atoms with Gasteiger partial charge in [-0.2, -0.15) is 0 Å². The number of rotatable bonds is 5. The monoisotopic (exact) mass is 437 g/mol. The van der Waals surface area contributed by atoms with Crippen molar-refractivity contribution in [3.05, 3.63) is 60.3 Å². The molecule has 0 saturated carbocycles. The highest BCUT2D eigenvalue weighted by Crippen LogP contribution is 2.25. The number of anilines is 1. The summed E-state index contributed by atoms with van der Waals surface area (Å²) in [5.41, 5.74) is 7.31. The Balaban J connectivity index is 0.00000208. The Morgan fingerprint density at radius 3 is 2.50 bits per heavy atom. The Morgan fingerprint density at radius 1 is 1.12 bits per heavy atom. The normalized spacial score (nSPS) is 16.4. The van der Waals surface area contributed by atoms with Gasteiger partial charge in [0.15, 0.2) is 5.96 Å². The summed E-state index contributed by atoms with van der Waals surface area (Å²) in [5, 5.41) is 3.04. The van der Waals surface area contributed by atoms with Crippen molar-refractivity contribution in [2.24, 2.45) is 10.7 Å². The Bertz CT molecular complexity index is 626. The SMILES string of the molecule is I.NC(=NCC(c1ccccc1)N1CCCC1)Nc1ccccn1. The first kappa shape index (κ1) is 18.7. The van der Waals surface area contributed by atoms with Gasteiger partial charge < -0.3 is 11.1 Å². The summed E-state index contributed by atoms with van der Waals surface area (Å²) in [5.74, 6) is 1.12. The number of hydrogen-bond donors (Lipinski definition) is 2. The van der Waals surface area contributed by atoms with Crippen molar-refractivity contribution in [2.75, 3.05) is 25.0 Å². The number of nitrogens with one attached hydrogen (secondary N) is 1. The molecule has 0 bridgehead atoms. The Hall–Kier alpha value is -1.67. The van der Waals surface area contributed by atoms with Crippen molar-refractivity contribution in [1.82, 2.24) is 9.88 Å². The predicted octanol–water partition coefficient (Wildman–Crippen LogP) is 3.26. The summed E-state index contributed by atoms with van der Waals surface area (Å²) < 4.78 is 0. The molecule has 3 N–H and O–H groups in total. The first-order valence-corrected chi connectivity index (χ1v) is 8.10. The van der Waals surface area contributed by atoms with Gasteiger partial charge in [-0.3, -0.25) is 9.89 Å². The van der Waals surface area contributed by atoms with E-state index in [0.29, 0.717) is 18.3 Å². The lowest BCUT2D eigenvalue weighted by Gasteiger charge is -2.26. The Kier molecular flexibility index (Phi) is 7.45. The highest BCUT2D eigenvalue weighted by atomic mass is 127. The van der Waals surface area contributed by atoms with Gasteiger partial charge in [0.25, 0.3) is 0 Å². The number of hydrogen-bond acceptors (Lipinski definition) is 3. The Labute approximate surface area is 160 Å². The minimum Gasteiger partial charge on any atom is -0.370 e. The molecule has 1 aromatic heterocycles.